The van der Waals surface area contributed by atoms with Gasteiger partial charge in [-0.1, -0.05) is 42.5 Å². The molecule has 2 rings (SSSR count). The van der Waals surface area contributed by atoms with E-state index < -0.39 is 5.97 Å². The zero-order valence-electron chi connectivity index (χ0n) is 10.4. The zero-order valence-corrected chi connectivity index (χ0v) is 10.4. The largest absolute Gasteiger partial charge is 0.485 e. The lowest BCUT2D eigenvalue weighted by Crippen LogP contribution is -2.19. The van der Waals surface area contributed by atoms with Crippen molar-refractivity contribution in [1.29, 1.82) is 0 Å². The summed E-state index contributed by atoms with van der Waals surface area (Å²) in [7, 11) is 0. The molecule has 0 fully saturated rings. The van der Waals surface area contributed by atoms with Crippen molar-refractivity contribution in [3.63, 3.8) is 0 Å². The fourth-order valence-corrected chi connectivity index (χ4v) is 1.55. The Kier molecular flexibility index (Phi) is 4.53. The maximum absolute atomic E-state index is 11.2. The van der Waals surface area contributed by atoms with Crippen LogP contribution >= 0.6 is 0 Å². The minimum absolute atomic E-state index is 0.160. The van der Waals surface area contributed by atoms with Gasteiger partial charge in [-0.3, -0.25) is 4.79 Å². The molecule has 98 valence electrons. The van der Waals surface area contributed by atoms with Crippen molar-refractivity contribution in [1.82, 2.24) is 0 Å². The first-order valence-corrected chi connectivity index (χ1v) is 5.96. The van der Waals surface area contributed by atoms with E-state index in [1.165, 1.54) is 0 Å². The third-order valence-corrected chi connectivity index (χ3v) is 2.48. The molecule has 2 N–H and O–H groups in total. The fourth-order valence-electron chi connectivity index (χ4n) is 1.55. The molecule has 0 bridgehead atoms. The van der Waals surface area contributed by atoms with E-state index in [4.69, 9.17) is 15.2 Å². The molecule has 0 saturated carbocycles. The molecule has 2 aromatic carbocycles. The Balaban J connectivity index is 2.05. The highest BCUT2D eigenvalue weighted by Crippen LogP contribution is 2.27. The summed E-state index contributed by atoms with van der Waals surface area (Å²) in [5, 5.41) is 0. The summed E-state index contributed by atoms with van der Waals surface area (Å²) in [6, 6.07) is 16.8. The molecule has 0 aromatic heterocycles. The van der Waals surface area contributed by atoms with Crippen LogP contribution in [-0.4, -0.2) is 12.5 Å². The van der Waals surface area contributed by atoms with Gasteiger partial charge in [-0.05, 0) is 17.7 Å². The van der Waals surface area contributed by atoms with Crippen LogP contribution in [0, 0.1) is 0 Å². The second kappa shape index (κ2) is 6.56. The van der Waals surface area contributed by atoms with Crippen molar-refractivity contribution < 1.29 is 14.3 Å². The number of carbonyl (C=O) groups is 1. The van der Waals surface area contributed by atoms with Crippen LogP contribution in [0.3, 0.4) is 0 Å². The first-order valence-electron chi connectivity index (χ1n) is 5.96. The number of carbonyl (C=O) groups excluding carboxylic acids is 1. The SMILES string of the molecule is NCC(=O)Oc1ccccc1OCc1ccccc1. The number of para-hydroxylation sites is 2. The molecule has 0 aliphatic rings. The lowest BCUT2D eigenvalue weighted by molar-refractivity contribution is -0.132. The van der Waals surface area contributed by atoms with Crippen LogP contribution in [0.25, 0.3) is 0 Å². The molecule has 0 amide bonds. The van der Waals surface area contributed by atoms with Gasteiger partial charge in [-0.15, -0.1) is 0 Å². The van der Waals surface area contributed by atoms with Crippen LogP contribution in [0.5, 0.6) is 11.5 Å². The highest BCUT2D eigenvalue weighted by atomic mass is 16.6. The lowest BCUT2D eigenvalue weighted by atomic mass is 10.2. The van der Waals surface area contributed by atoms with E-state index in [2.05, 4.69) is 0 Å². The predicted octanol–water partition coefficient (Wildman–Crippen LogP) is 2.13. The van der Waals surface area contributed by atoms with Crippen LogP contribution in [-0.2, 0) is 11.4 Å². The summed E-state index contributed by atoms with van der Waals surface area (Å²) in [4.78, 5) is 11.2. The van der Waals surface area contributed by atoms with E-state index in [9.17, 15) is 4.79 Å². The number of nitrogens with two attached hydrogens (primary N) is 1. The van der Waals surface area contributed by atoms with Gasteiger partial charge in [0.05, 0.1) is 6.54 Å². The summed E-state index contributed by atoms with van der Waals surface area (Å²) < 4.78 is 10.7. The molecule has 2 aromatic rings. The topological polar surface area (TPSA) is 61.6 Å². The maximum Gasteiger partial charge on any atom is 0.325 e. The molecule has 4 nitrogen and oxygen atoms in total. The van der Waals surface area contributed by atoms with Crippen molar-refractivity contribution in [2.45, 2.75) is 6.61 Å². The van der Waals surface area contributed by atoms with Gasteiger partial charge in [0.15, 0.2) is 11.5 Å². The van der Waals surface area contributed by atoms with Crippen molar-refractivity contribution in [3.05, 3.63) is 60.2 Å². The Bertz CT molecular complexity index is 540. The van der Waals surface area contributed by atoms with E-state index in [-0.39, 0.29) is 6.54 Å². The Labute approximate surface area is 111 Å². The number of hydrogen-bond acceptors (Lipinski definition) is 4. The second-order valence-corrected chi connectivity index (χ2v) is 3.90. The normalized spacial score (nSPS) is 9.95. The van der Waals surface area contributed by atoms with E-state index in [1.54, 1.807) is 18.2 Å². The van der Waals surface area contributed by atoms with E-state index >= 15 is 0 Å². The van der Waals surface area contributed by atoms with Crippen molar-refractivity contribution in [3.8, 4) is 11.5 Å². The van der Waals surface area contributed by atoms with Crippen molar-refractivity contribution >= 4 is 5.97 Å². The first kappa shape index (κ1) is 13.1. The van der Waals surface area contributed by atoms with E-state index in [1.807, 2.05) is 36.4 Å². The Morgan fingerprint density at radius 3 is 2.26 bits per heavy atom. The number of rotatable bonds is 5. The van der Waals surface area contributed by atoms with E-state index in [0.717, 1.165) is 5.56 Å². The quantitative estimate of drug-likeness (QED) is 0.658. The molecule has 0 spiro atoms. The molecule has 0 atom stereocenters. The molecule has 0 aliphatic carbocycles. The van der Waals surface area contributed by atoms with Gasteiger partial charge in [-0.2, -0.15) is 0 Å². The van der Waals surface area contributed by atoms with Gasteiger partial charge >= 0.3 is 5.97 Å². The minimum Gasteiger partial charge on any atom is -0.485 e. The third-order valence-electron chi connectivity index (χ3n) is 2.48. The van der Waals surface area contributed by atoms with Gasteiger partial charge in [-0.25, -0.2) is 0 Å². The number of ether oxygens (including phenoxy) is 2. The van der Waals surface area contributed by atoms with Crippen molar-refractivity contribution in [2.24, 2.45) is 5.73 Å². The summed E-state index contributed by atoms with van der Waals surface area (Å²) in [5.41, 5.74) is 6.26. The molecular formula is C15H15NO3. The standard InChI is InChI=1S/C15H15NO3/c16-10-15(17)19-14-9-5-4-8-13(14)18-11-12-6-2-1-3-7-12/h1-9H,10-11,16H2. The van der Waals surface area contributed by atoms with Gasteiger partial charge in [0.25, 0.3) is 0 Å². The Morgan fingerprint density at radius 2 is 1.58 bits per heavy atom. The molecule has 4 heteroatoms. The average molecular weight is 257 g/mol. The Morgan fingerprint density at radius 1 is 0.947 bits per heavy atom. The van der Waals surface area contributed by atoms with Gasteiger partial charge in [0, 0.05) is 0 Å². The molecule has 0 unspecified atom stereocenters. The molecule has 0 saturated heterocycles. The highest BCUT2D eigenvalue weighted by Gasteiger charge is 2.08. The lowest BCUT2D eigenvalue weighted by Gasteiger charge is -2.11. The van der Waals surface area contributed by atoms with Crippen LogP contribution in [0.2, 0.25) is 0 Å². The highest BCUT2D eigenvalue weighted by molar-refractivity contribution is 5.74. The summed E-state index contributed by atoms with van der Waals surface area (Å²) >= 11 is 0. The summed E-state index contributed by atoms with van der Waals surface area (Å²) in [5.74, 6) is 0.415. The minimum atomic E-state index is -0.490. The van der Waals surface area contributed by atoms with E-state index in [0.29, 0.717) is 18.1 Å². The number of esters is 1. The fraction of sp³-hybridized carbons (Fsp3) is 0.133. The first-order chi connectivity index (χ1) is 9.29. The van der Waals surface area contributed by atoms with Gasteiger partial charge in [0.2, 0.25) is 0 Å². The monoisotopic (exact) mass is 257 g/mol. The molecular weight excluding hydrogens is 242 g/mol. The predicted molar refractivity (Wildman–Crippen MR) is 71.9 cm³/mol. The van der Waals surface area contributed by atoms with Crippen LogP contribution in [0.4, 0.5) is 0 Å². The Hall–Kier alpha value is -2.33. The van der Waals surface area contributed by atoms with Crippen LogP contribution < -0.4 is 15.2 Å². The summed E-state index contributed by atoms with van der Waals surface area (Å²) in [6.07, 6.45) is 0. The van der Waals surface area contributed by atoms with Crippen LogP contribution in [0.1, 0.15) is 5.56 Å². The maximum atomic E-state index is 11.2. The number of hydrogen-bond donors (Lipinski definition) is 1. The van der Waals surface area contributed by atoms with Crippen molar-refractivity contribution in [2.75, 3.05) is 6.54 Å². The van der Waals surface area contributed by atoms with Gasteiger partial charge < -0.3 is 15.2 Å². The summed E-state index contributed by atoms with van der Waals surface area (Å²) in [6.45, 7) is 0.255. The van der Waals surface area contributed by atoms with Crippen LogP contribution in [0.15, 0.2) is 54.6 Å². The molecule has 0 heterocycles. The zero-order chi connectivity index (χ0) is 13.5. The molecule has 0 aliphatic heterocycles. The van der Waals surface area contributed by atoms with Gasteiger partial charge in [0.1, 0.15) is 6.61 Å². The third kappa shape index (κ3) is 3.82. The molecule has 0 radical (unpaired) electrons. The smallest absolute Gasteiger partial charge is 0.325 e. The average Bonchev–Trinajstić information content (AvgIpc) is 2.47. The second-order valence-electron chi connectivity index (χ2n) is 3.90. The number of benzene rings is 2. The molecule has 19 heavy (non-hydrogen) atoms.